The second-order valence-electron chi connectivity index (χ2n) is 6.78. The van der Waals surface area contributed by atoms with E-state index in [4.69, 9.17) is 11.6 Å². The third-order valence-corrected chi connectivity index (χ3v) is 6.17. The first kappa shape index (κ1) is 20.4. The Morgan fingerprint density at radius 1 is 1.40 bits per heavy atom. The Morgan fingerprint density at radius 3 is 2.84 bits per heavy atom. The first-order valence-electron chi connectivity index (χ1n) is 8.20. The van der Waals surface area contributed by atoms with Crippen LogP contribution in [0.5, 0.6) is 0 Å². The van der Waals surface area contributed by atoms with E-state index in [1.165, 1.54) is 11.8 Å². The van der Waals surface area contributed by atoms with E-state index in [2.05, 4.69) is 22.9 Å². The van der Waals surface area contributed by atoms with Crippen LogP contribution in [0.1, 0.15) is 26.2 Å². The second-order valence-corrected chi connectivity index (χ2v) is 8.46. The summed E-state index contributed by atoms with van der Waals surface area (Å²) in [6.45, 7) is 4.86. The number of carbonyl (C=O) groups excluding carboxylic acids is 2. The molecule has 1 saturated heterocycles. The van der Waals surface area contributed by atoms with Crippen molar-refractivity contribution in [3.63, 3.8) is 0 Å². The van der Waals surface area contributed by atoms with Crippen molar-refractivity contribution >= 4 is 53.3 Å². The van der Waals surface area contributed by atoms with Gasteiger partial charge in [0.05, 0.1) is 10.9 Å². The third-order valence-electron chi connectivity index (χ3n) is 4.65. The molecule has 0 bridgehead atoms. The minimum absolute atomic E-state index is 0. The molecule has 2 aliphatic heterocycles. The lowest BCUT2D eigenvalue weighted by Gasteiger charge is -2.34. The van der Waals surface area contributed by atoms with Crippen molar-refractivity contribution in [3.05, 3.63) is 23.2 Å². The van der Waals surface area contributed by atoms with Crippen LogP contribution in [-0.2, 0) is 9.59 Å². The standard InChI is InChI=1S/C17H22ClN3O2S.ClH/c1-17(4-6-19-7-5-17)10-20-15(22)9-14-16(23)21-12-8-11(18)2-3-13(12)24-14;/h2-3,8,14,19H,4-7,9-10H2,1H3,(H,20,22)(H,21,23);1H. The Bertz CT molecular complexity index is 651. The molecule has 3 N–H and O–H groups in total. The van der Waals surface area contributed by atoms with Gasteiger partial charge in [-0.15, -0.1) is 24.2 Å². The van der Waals surface area contributed by atoms with Crippen LogP contribution in [0.2, 0.25) is 5.02 Å². The molecule has 1 aromatic rings. The summed E-state index contributed by atoms with van der Waals surface area (Å²) < 4.78 is 0. The Kier molecular flexibility index (Phi) is 7.02. The number of nitrogens with one attached hydrogen (secondary N) is 3. The van der Waals surface area contributed by atoms with Crippen LogP contribution in [0, 0.1) is 5.41 Å². The molecule has 138 valence electrons. The predicted molar refractivity (Wildman–Crippen MR) is 105 cm³/mol. The summed E-state index contributed by atoms with van der Waals surface area (Å²) in [6.07, 6.45) is 2.30. The fourth-order valence-corrected chi connectivity index (χ4v) is 4.28. The molecule has 5 nitrogen and oxygen atoms in total. The largest absolute Gasteiger partial charge is 0.356 e. The molecule has 2 amide bonds. The van der Waals surface area contributed by atoms with Gasteiger partial charge in [0.2, 0.25) is 11.8 Å². The average molecular weight is 404 g/mol. The van der Waals surface area contributed by atoms with Crippen LogP contribution in [0.25, 0.3) is 0 Å². The Morgan fingerprint density at radius 2 is 2.12 bits per heavy atom. The number of rotatable bonds is 4. The number of hydrogen-bond donors (Lipinski definition) is 3. The minimum atomic E-state index is -0.403. The van der Waals surface area contributed by atoms with Gasteiger partial charge in [-0.25, -0.2) is 0 Å². The van der Waals surface area contributed by atoms with Crippen LogP contribution >= 0.6 is 35.8 Å². The normalized spacial score (nSPS) is 21.5. The first-order valence-corrected chi connectivity index (χ1v) is 9.45. The van der Waals surface area contributed by atoms with E-state index >= 15 is 0 Å². The third kappa shape index (κ3) is 5.26. The Labute approximate surface area is 163 Å². The lowest BCUT2D eigenvalue weighted by Crippen LogP contribution is -2.44. The van der Waals surface area contributed by atoms with E-state index in [0.29, 0.717) is 11.6 Å². The van der Waals surface area contributed by atoms with Crippen molar-refractivity contribution in [2.75, 3.05) is 25.0 Å². The SMILES string of the molecule is CC1(CNC(=O)CC2Sc3ccc(Cl)cc3NC2=O)CCNCC1.Cl. The van der Waals surface area contributed by atoms with Crippen molar-refractivity contribution in [2.45, 2.75) is 36.3 Å². The molecule has 0 aromatic heterocycles. The zero-order chi connectivity index (χ0) is 17.2. The number of hydrogen-bond acceptors (Lipinski definition) is 4. The van der Waals surface area contributed by atoms with Gasteiger partial charge in [0, 0.05) is 22.9 Å². The molecule has 2 heterocycles. The van der Waals surface area contributed by atoms with E-state index in [-0.39, 0.29) is 36.1 Å². The summed E-state index contributed by atoms with van der Waals surface area (Å²) in [4.78, 5) is 25.4. The van der Waals surface area contributed by atoms with E-state index < -0.39 is 5.25 Å². The zero-order valence-corrected chi connectivity index (χ0v) is 16.5. The fraction of sp³-hybridized carbons (Fsp3) is 0.529. The monoisotopic (exact) mass is 403 g/mol. The number of piperidine rings is 1. The number of halogens is 2. The number of carbonyl (C=O) groups is 2. The van der Waals surface area contributed by atoms with Gasteiger partial charge in [-0.3, -0.25) is 9.59 Å². The van der Waals surface area contributed by atoms with Gasteiger partial charge in [-0.2, -0.15) is 0 Å². The number of amides is 2. The molecule has 1 atom stereocenters. The molecule has 0 radical (unpaired) electrons. The molecule has 0 aliphatic carbocycles. The Balaban J connectivity index is 0.00000225. The van der Waals surface area contributed by atoms with E-state index in [1.54, 1.807) is 12.1 Å². The summed E-state index contributed by atoms with van der Waals surface area (Å²) >= 11 is 7.37. The van der Waals surface area contributed by atoms with Gasteiger partial charge < -0.3 is 16.0 Å². The molecule has 0 saturated carbocycles. The molecule has 0 spiro atoms. The maximum Gasteiger partial charge on any atom is 0.238 e. The van der Waals surface area contributed by atoms with E-state index in [1.807, 2.05) is 6.07 Å². The lowest BCUT2D eigenvalue weighted by molar-refractivity contribution is -0.124. The van der Waals surface area contributed by atoms with Gasteiger partial charge in [-0.05, 0) is 49.5 Å². The topological polar surface area (TPSA) is 70.2 Å². The minimum Gasteiger partial charge on any atom is -0.356 e. The van der Waals surface area contributed by atoms with Crippen LogP contribution in [0.4, 0.5) is 5.69 Å². The van der Waals surface area contributed by atoms with E-state index in [0.717, 1.165) is 36.5 Å². The molecular weight excluding hydrogens is 381 g/mol. The molecule has 1 aromatic carbocycles. The van der Waals surface area contributed by atoms with Crippen LogP contribution < -0.4 is 16.0 Å². The summed E-state index contributed by atoms with van der Waals surface area (Å²) in [5.74, 6) is -0.210. The van der Waals surface area contributed by atoms with Gasteiger partial charge >= 0.3 is 0 Å². The molecular formula is C17H23Cl2N3O2S. The second kappa shape index (κ2) is 8.62. The van der Waals surface area contributed by atoms with Crippen LogP contribution in [0.15, 0.2) is 23.1 Å². The highest BCUT2D eigenvalue weighted by molar-refractivity contribution is 8.01. The van der Waals surface area contributed by atoms with Gasteiger partial charge in [0.25, 0.3) is 0 Å². The fourth-order valence-electron chi connectivity index (χ4n) is 3.02. The number of anilines is 1. The molecule has 2 aliphatic rings. The van der Waals surface area contributed by atoms with Crippen LogP contribution in [0.3, 0.4) is 0 Å². The maximum atomic E-state index is 12.3. The van der Waals surface area contributed by atoms with Crippen molar-refractivity contribution in [1.82, 2.24) is 10.6 Å². The summed E-state index contributed by atoms with van der Waals surface area (Å²) in [6, 6.07) is 5.40. The van der Waals surface area contributed by atoms with Crippen molar-refractivity contribution < 1.29 is 9.59 Å². The van der Waals surface area contributed by atoms with Gasteiger partial charge in [-0.1, -0.05) is 18.5 Å². The average Bonchev–Trinajstić information content (AvgIpc) is 2.55. The molecule has 8 heteroatoms. The van der Waals surface area contributed by atoms with Gasteiger partial charge in [0.1, 0.15) is 0 Å². The van der Waals surface area contributed by atoms with Crippen LogP contribution in [-0.4, -0.2) is 36.7 Å². The summed E-state index contributed by atoms with van der Waals surface area (Å²) in [7, 11) is 0. The number of fused-ring (bicyclic) bond motifs is 1. The van der Waals surface area contributed by atoms with E-state index in [9.17, 15) is 9.59 Å². The highest BCUT2D eigenvalue weighted by atomic mass is 35.5. The number of thioether (sulfide) groups is 1. The summed E-state index contributed by atoms with van der Waals surface area (Å²) in [5, 5.41) is 9.36. The lowest BCUT2D eigenvalue weighted by atomic mass is 9.81. The highest BCUT2D eigenvalue weighted by Crippen LogP contribution is 2.38. The van der Waals surface area contributed by atoms with Gasteiger partial charge in [0.15, 0.2) is 0 Å². The molecule has 1 unspecified atom stereocenters. The first-order chi connectivity index (χ1) is 11.5. The molecule has 1 fully saturated rings. The van der Waals surface area contributed by atoms with Crippen molar-refractivity contribution in [3.8, 4) is 0 Å². The Hall–Kier alpha value is -0.950. The number of benzene rings is 1. The maximum absolute atomic E-state index is 12.3. The quantitative estimate of drug-likeness (QED) is 0.722. The zero-order valence-electron chi connectivity index (χ0n) is 14.1. The van der Waals surface area contributed by atoms with Crippen molar-refractivity contribution in [2.24, 2.45) is 5.41 Å². The molecule has 3 rings (SSSR count). The highest BCUT2D eigenvalue weighted by Gasteiger charge is 2.31. The summed E-state index contributed by atoms with van der Waals surface area (Å²) in [5.41, 5.74) is 0.864. The smallest absolute Gasteiger partial charge is 0.238 e. The van der Waals surface area contributed by atoms with Crippen molar-refractivity contribution in [1.29, 1.82) is 0 Å². The molecule has 25 heavy (non-hydrogen) atoms. The predicted octanol–water partition coefficient (Wildman–Crippen LogP) is 3.07.